The van der Waals surface area contributed by atoms with E-state index in [1.807, 2.05) is 0 Å². The van der Waals surface area contributed by atoms with E-state index >= 15 is 0 Å². The molecule has 0 aliphatic carbocycles. The molecule has 70 valence electrons. The fourth-order valence-corrected chi connectivity index (χ4v) is 0.542. The Balaban J connectivity index is 3.45. The van der Waals surface area contributed by atoms with Crippen LogP contribution in [0.3, 0.4) is 0 Å². The molecule has 0 atom stereocenters. The third kappa shape index (κ3) is 9.00. The van der Waals surface area contributed by atoms with Crippen molar-refractivity contribution in [1.82, 2.24) is 0 Å². The summed E-state index contributed by atoms with van der Waals surface area (Å²) in [6.45, 7) is 0. The number of hydrogen-bond donors (Lipinski definition) is 1. The van der Waals surface area contributed by atoms with E-state index in [2.05, 4.69) is 0 Å². The van der Waals surface area contributed by atoms with E-state index < -0.39 is 18.6 Å². The maximum atomic E-state index is 11.5. The molecule has 0 spiro atoms. The van der Waals surface area contributed by atoms with Crippen LogP contribution in [0.2, 0.25) is 0 Å². The fourth-order valence-electron chi connectivity index (χ4n) is 0.542. The molecule has 0 aromatic carbocycles. The number of carboxylic acid groups (broad SMARTS) is 1. The van der Waals surface area contributed by atoms with Gasteiger partial charge in [0.2, 0.25) is 0 Å². The van der Waals surface area contributed by atoms with Crippen molar-refractivity contribution < 1.29 is 23.1 Å². The van der Waals surface area contributed by atoms with Crippen molar-refractivity contribution in [3.8, 4) is 0 Å². The summed E-state index contributed by atoms with van der Waals surface area (Å²) in [4.78, 5) is 9.90. The van der Waals surface area contributed by atoms with E-state index in [-0.39, 0.29) is 12.8 Å². The van der Waals surface area contributed by atoms with Crippen molar-refractivity contribution in [2.24, 2.45) is 0 Å². The summed E-state index contributed by atoms with van der Waals surface area (Å²) in [6.07, 6.45) is -3.02. The Morgan fingerprint density at radius 1 is 1.33 bits per heavy atom. The van der Waals surface area contributed by atoms with E-state index in [1.165, 1.54) is 6.08 Å². The Labute approximate surface area is 67.7 Å². The SMILES string of the molecule is O=C(O)CCC=CCC(F)(F)F. The summed E-state index contributed by atoms with van der Waals surface area (Å²) in [5.41, 5.74) is 0. The molecule has 0 fully saturated rings. The average Bonchev–Trinajstić information content (AvgIpc) is 1.83. The van der Waals surface area contributed by atoms with Crippen molar-refractivity contribution in [1.29, 1.82) is 0 Å². The Kier molecular flexibility index (Phi) is 4.39. The summed E-state index contributed by atoms with van der Waals surface area (Å²) in [5.74, 6) is -1.01. The van der Waals surface area contributed by atoms with Gasteiger partial charge in [-0.15, -0.1) is 0 Å². The first-order valence-electron chi connectivity index (χ1n) is 3.35. The van der Waals surface area contributed by atoms with Gasteiger partial charge in [-0.3, -0.25) is 4.79 Å². The molecule has 1 N–H and O–H groups in total. The molecule has 0 saturated heterocycles. The van der Waals surface area contributed by atoms with Crippen LogP contribution in [-0.2, 0) is 4.79 Å². The molecule has 2 nitrogen and oxygen atoms in total. The number of carboxylic acids is 1. The van der Waals surface area contributed by atoms with Gasteiger partial charge in [0.05, 0.1) is 6.42 Å². The van der Waals surface area contributed by atoms with Crippen molar-refractivity contribution in [3.05, 3.63) is 12.2 Å². The number of alkyl halides is 3. The summed E-state index contributed by atoms with van der Waals surface area (Å²) >= 11 is 0. The van der Waals surface area contributed by atoms with Gasteiger partial charge in [-0.25, -0.2) is 0 Å². The lowest BCUT2D eigenvalue weighted by Crippen LogP contribution is -2.04. The van der Waals surface area contributed by atoms with Gasteiger partial charge >= 0.3 is 12.1 Å². The van der Waals surface area contributed by atoms with Crippen molar-refractivity contribution in [2.45, 2.75) is 25.4 Å². The molecule has 0 bridgehead atoms. The normalized spacial score (nSPS) is 12.2. The number of rotatable bonds is 4. The maximum Gasteiger partial charge on any atom is 0.392 e. The molecule has 0 unspecified atom stereocenters. The maximum absolute atomic E-state index is 11.5. The zero-order chi connectivity index (χ0) is 9.61. The average molecular weight is 182 g/mol. The molecule has 5 heteroatoms. The predicted molar refractivity (Wildman–Crippen MR) is 36.7 cm³/mol. The highest BCUT2D eigenvalue weighted by molar-refractivity contribution is 5.66. The molecule has 0 amide bonds. The summed E-state index contributed by atoms with van der Waals surface area (Å²) in [7, 11) is 0. The number of hydrogen-bond acceptors (Lipinski definition) is 1. The molecule has 12 heavy (non-hydrogen) atoms. The standard InChI is InChI=1S/C7H9F3O2/c8-7(9,10)5-3-1-2-4-6(11)12/h1,3H,2,4-5H2,(H,11,12). The third-order valence-electron chi connectivity index (χ3n) is 1.04. The van der Waals surface area contributed by atoms with Crippen LogP contribution in [-0.4, -0.2) is 17.3 Å². The van der Waals surface area contributed by atoms with Crippen LogP contribution in [0.1, 0.15) is 19.3 Å². The van der Waals surface area contributed by atoms with Gasteiger partial charge in [-0.1, -0.05) is 12.2 Å². The molecule has 0 saturated carbocycles. The first-order chi connectivity index (χ1) is 5.42. The van der Waals surface area contributed by atoms with Gasteiger partial charge in [0.1, 0.15) is 0 Å². The predicted octanol–water partition coefficient (Wildman–Crippen LogP) is 2.36. The zero-order valence-corrected chi connectivity index (χ0v) is 6.27. The van der Waals surface area contributed by atoms with Crippen molar-refractivity contribution in [2.75, 3.05) is 0 Å². The topological polar surface area (TPSA) is 37.3 Å². The Hall–Kier alpha value is -1.00. The molecule has 0 aromatic heterocycles. The number of halogens is 3. The summed E-state index contributed by atoms with van der Waals surface area (Å²) in [6, 6.07) is 0. The third-order valence-corrected chi connectivity index (χ3v) is 1.04. The molecular weight excluding hydrogens is 173 g/mol. The molecule has 0 rings (SSSR count). The van der Waals surface area contributed by atoms with Crippen LogP contribution in [0, 0.1) is 0 Å². The van der Waals surface area contributed by atoms with Crippen LogP contribution in [0.4, 0.5) is 13.2 Å². The van der Waals surface area contributed by atoms with E-state index in [0.29, 0.717) is 0 Å². The molecular formula is C7H9F3O2. The minimum atomic E-state index is -4.19. The van der Waals surface area contributed by atoms with Crippen LogP contribution in [0.5, 0.6) is 0 Å². The lowest BCUT2D eigenvalue weighted by molar-refractivity contribution is -0.136. The number of aliphatic carboxylic acids is 1. The zero-order valence-electron chi connectivity index (χ0n) is 6.27. The van der Waals surface area contributed by atoms with E-state index in [9.17, 15) is 18.0 Å². The Bertz CT molecular complexity index is 172. The van der Waals surface area contributed by atoms with Gasteiger partial charge in [0.25, 0.3) is 0 Å². The Morgan fingerprint density at radius 2 is 1.92 bits per heavy atom. The van der Waals surface area contributed by atoms with E-state index in [0.717, 1.165) is 6.08 Å². The minimum absolute atomic E-state index is 0.131. The van der Waals surface area contributed by atoms with Gasteiger partial charge in [-0.2, -0.15) is 13.2 Å². The minimum Gasteiger partial charge on any atom is -0.481 e. The molecule has 0 heterocycles. The number of carbonyl (C=O) groups is 1. The first kappa shape index (κ1) is 11.0. The largest absolute Gasteiger partial charge is 0.481 e. The monoisotopic (exact) mass is 182 g/mol. The van der Waals surface area contributed by atoms with E-state index in [1.54, 1.807) is 0 Å². The quantitative estimate of drug-likeness (QED) is 0.677. The highest BCUT2D eigenvalue weighted by Gasteiger charge is 2.24. The first-order valence-corrected chi connectivity index (χ1v) is 3.35. The second-order valence-corrected chi connectivity index (χ2v) is 2.22. The second-order valence-electron chi connectivity index (χ2n) is 2.22. The summed E-state index contributed by atoms with van der Waals surface area (Å²) in [5, 5.41) is 8.12. The Morgan fingerprint density at radius 3 is 2.33 bits per heavy atom. The second kappa shape index (κ2) is 4.79. The van der Waals surface area contributed by atoms with Crippen LogP contribution in [0.25, 0.3) is 0 Å². The van der Waals surface area contributed by atoms with Crippen molar-refractivity contribution in [3.63, 3.8) is 0 Å². The highest BCUT2D eigenvalue weighted by Crippen LogP contribution is 2.19. The lowest BCUT2D eigenvalue weighted by atomic mass is 10.2. The lowest BCUT2D eigenvalue weighted by Gasteiger charge is -1.99. The van der Waals surface area contributed by atoms with Gasteiger partial charge in [0.15, 0.2) is 0 Å². The van der Waals surface area contributed by atoms with Gasteiger partial charge in [0, 0.05) is 6.42 Å². The van der Waals surface area contributed by atoms with Crippen molar-refractivity contribution >= 4 is 5.97 Å². The number of allylic oxidation sites excluding steroid dienone is 2. The van der Waals surface area contributed by atoms with E-state index in [4.69, 9.17) is 5.11 Å². The highest BCUT2D eigenvalue weighted by atomic mass is 19.4. The molecule has 0 aromatic rings. The smallest absolute Gasteiger partial charge is 0.392 e. The summed E-state index contributed by atoms with van der Waals surface area (Å²) < 4.78 is 34.4. The molecule has 0 aliphatic heterocycles. The van der Waals surface area contributed by atoms with Crippen LogP contribution in [0.15, 0.2) is 12.2 Å². The van der Waals surface area contributed by atoms with Gasteiger partial charge < -0.3 is 5.11 Å². The molecule has 0 aliphatic rings. The van der Waals surface area contributed by atoms with Gasteiger partial charge in [-0.05, 0) is 6.42 Å². The van der Waals surface area contributed by atoms with Crippen LogP contribution < -0.4 is 0 Å². The fraction of sp³-hybridized carbons (Fsp3) is 0.571. The van der Waals surface area contributed by atoms with Crippen LogP contribution >= 0.6 is 0 Å². The molecule has 0 radical (unpaired) electrons.